The van der Waals surface area contributed by atoms with Crippen molar-refractivity contribution in [1.82, 2.24) is 16.0 Å². The summed E-state index contributed by atoms with van der Waals surface area (Å²) in [4.78, 5) is 75.5. The number of nitrogens with zero attached hydrogens (tertiary/aromatic N) is 1. The summed E-state index contributed by atoms with van der Waals surface area (Å²) in [6, 6.07) is -5.40. The molecule has 4 unspecified atom stereocenters. The zero-order chi connectivity index (χ0) is 28.0. The SMILES string of the molecule is CC(C)C(NC(=O)C(CC(N)=O)NC(=O)C(CCC(=O)O)NC(=O)C(N)CCCN=C(N)N)C(=O)O. The monoisotopic (exact) mass is 516 g/mol. The summed E-state index contributed by atoms with van der Waals surface area (Å²) in [5.74, 6) is -6.96. The van der Waals surface area contributed by atoms with Crippen molar-refractivity contribution in [2.24, 2.45) is 33.8 Å². The molecule has 0 aliphatic heterocycles. The molecule has 0 aromatic heterocycles. The highest BCUT2D eigenvalue weighted by atomic mass is 16.4. The van der Waals surface area contributed by atoms with E-state index in [0.29, 0.717) is 6.42 Å². The highest BCUT2D eigenvalue weighted by Crippen LogP contribution is 2.06. The third-order valence-corrected chi connectivity index (χ3v) is 4.85. The average Bonchev–Trinajstić information content (AvgIpc) is 2.75. The smallest absolute Gasteiger partial charge is 0.326 e. The van der Waals surface area contributed by atoms with E-state index in [9.17, 15) is 33.9 Å². The van der Waals surface area contributed by atoms with Crippen LogP contribution in [0.1, 0.15) is 46.0 Å². The van der Waals surface area contributed by atoms with Gasteiger partial charge in [0.1, 0.15) is 18.1 Å². The zero-order valence-corrected chi connectivity index (χ0v) is 20.2. The molecule has 0 bridgehead atoms. The molecule has 16 heteroatoms. The molecule has 0 saturated heterocycles. The summed E-state index contributed by atoms with van der Waals surface area (Å²) >= 11 is 0. The number of rotatable bonds is 17. The fraction of sp³-hybridized carbons (Fsp3) is 0.650. The molecule has 0 fully saturated rings. The van der Waals surface area contributed by atoms with Gasteiger partial charge in [0.25, 0.3) is 0 Å². The number of nitrogens with one attached hydrogen (secondary N) is 3. The number of carboxylic acids is 2. The molecule has 0 spiro atoms. The van der Waals surface area contributed by atoms with Gasteiger partial charge in [-0.15, -0.1) is 0 Å². The fourth-order valence-electron chi connectivity index (χ4n) is 2.92. The lowest BCUT2D eigenvalue weighted by atomic mass is 10.0. The van der Waals surface area contributed by atoms with Crippen LogP contribution in [-0.4, -0.2) is 82.5 Å². The highest BCUT2D eigenvalue weighted by molar-refractivity contribution is 5.96. The predicted molar refractivity (Wildman–Crippen MR) is 127 cm³/mol. The average molecular weight is 517 g/mol. The molecule has 0 aromatic carbocycles. The Morgan fingerprint density at radius 2 is 1.39 bits per heavy atom. The summed E-state index contributed by atoms with van der Waals surface area (Å²) in [6.45, 7) is 3.29. The molecule has 13 N–H and O–H groups in total. The van der Waals surface area contributed by atoms with Crippen LogP contribution in [0.5, 0.6) is 0 Å². The van der Waals surface area contributed by atoms with E-state index in [4.69, 9.17) is 28.0 Å². The number of guanidine groups is 1. The third kappa shape index (κ3) is 13.1. The maximum Gasteiger partial charge on any atom is 0.326 e. The Morgan fingerprint density at radius 1 is 0.833 bits per heavy atom. The van der Waals surface area contributed by atoms with Crippen molar-refractivity contribution in [2.75, 3.05) is 6.54 Å². The van der Waals surface area contributed by atoms with Crippen LogP contribution in [0.2, 0.25) is 0 Å². The van der Waals surface area contributed by atoms with Gasteiger partial charge in [0.05, 0.1) is 12.5 Å². The molecular weight excluding hydrogens is 480 g/mol. The van der Waals surface area contributed by atoms with E-state index >= 15 is 0 Å². The Kier molecular flexibility index (Phi) is 14.1. The molecular formula is C20H36N8O8. The molecule has 0 aliphatic carbocycles. The van der Waals surface area contributed by atoms with E-state index in [1.165, 1.54) is 0 Å². The van der Waals surface area contributed by atoms with Gasteiger partial charge in [-0.05, 0) is 25.2 Å². The van der Waals surface area contributed by atoms with Crippen LogP contribution in [0.3, 0.4) is 0 Å². The molecule has 0 rings (SSSR count). The molecule has 0 saturated carbocycles. The van der Waals surface area contributed by atoms with E-state index in [1.807, 2.05) is 0 Å². The van der Waals surface area contributed by atoms with Gasteiger partial charge in [-0.3, -0.25) is 29.0 Å². The number of aliphatic imine (C=N–C) groups is 1. The number of carboxylic acid groups (broad SMARTS) is 2. The van der Waals surface area contributed by atoms with Gasteiger partial charge in [-0.2, -0.15) is 0 Å². The maximum absolute atomic E-state index is 12.8. The van der Waals surface area contributed by atoms with Gasteiger partial charge in [-0.25, -0.2) is 4.79 Å². The summed E-state index contributed by atoms with van der Waals surface area (Å²) in [7, 11) is 0. The lowest BCUT2D eigenvalue weighted by Crippen LogP contribution is -2.58. The molecule has 4 atom stereocenters. The Hall–Kier alpha value is -3.95. The number of carbonyl (C=O) groups is 6. The minimum absolute atomic E-state index is 0.129. The normalized spacial score (nSPS) is 14.0. The van der Waals surface area contributed by atoms with Crippen LogP contribution in [0, 0.1) is 5.92 Å². The first-order valence-corrected chi connectivity index (χ1v) is 11.1. The van der Waals surface area contributed by atoms with Crippen molar-refractivity contribution in [2.45, 2.75) is 70.1 Å². The fourth-order valence-corrected chi connectivity index (χ4v) is 2.92. The zero-order valence-electron chi connectivity index (χ0n) is 20.2. The van der Waals surface area contributed by atoms with E-state index in [2.05, 4.69) is 20.9 Å². The van der Waals surface area contributed by atoms with Crippen molar-refractivity contribution in [1.29, 1.82) is 0 Å². The van der Waals surface area contributed by atoms with Crippen molar-refractivity contribution >= 4 is 41.5 Å². The van der Waals surface area contributed by atoms with E-state index < -0.39 is 78.5 Å². The van der Waals surface area contributed by atoms with Gasteiger partial charge < -0.3 is 49.1 Å². The van der Waals surface area contributed by atoms with Crippen LogP contribution < -0.4 is 38.9 Å². The lowest BCUT2D eigenvalue weighted by molar-refractivity contribution is -0.143. The van der Waals surface area contributed by atoms with Crippen LogP contribution in [-0.2, 0) is 28.8 Å². The first kappa shape index (κ1) is 32.0. The number of hydrogen-bond donors (Lipinski definition) is 9. The number of carbonyl (C=O) groups excluding carboxylic acids is 4. The number of amides is 4. The van der Waals surface area contributed by atoms with Crippen molar-refractivity contribution in [3.05, 3.63) is 0 Å². The second-order valence-electron chi connectivity index (χ2n) is 8.35. The Morgan fingerprint density at radius 3 is 1.86 bits per heavy atom. The van der Waals surface area contributed by atoms with Gasteiger partial charge in [-0.1, -0.05) is 13.8 Å². The van der Waals surface area contributed by atoms with Crippen LogP contribution in [0.15, 0.2) is 4.99 Å². The predicted octanol–water partition coefficient (Wildman–Crippen LogP) is -3.70. The molecule has 16 nitrogen and oxygen atoms in total. The highest BCUT2D eigenvalue weighted by Gasteiger charge is 2.32. The Bertz CT molecular complexity index is 844. The summed E-state index contributed by atoms with van der Waals surface area (Å²) in [5.41, 5.74) is 21.4. The van der Waals surface area contributed by atoms with Crippen LogP contribution in [0.4, 0.5) is 0 Å². The standard InChI is InChI=1S/C20H36N8O8/c1-9(2)15(19(35)36)28-18(34)12(8-13(22)29)27-17(33)11(5-6-14(30)31)26-16(32)10(21)4-3-7-25-20(23)24/h9-12,15H,3-8,21H2,1-2H3,(H2,22,29)(H,26,32)(H,27,33)(H,28,34)(H,30,31)(H,35,36)(H4,23,24,25). The minimum atomic E-state index is -1.58. The molecule has 36 heavy (non-hydrogen) atoms. The minimum Gasteiger partial charge on any atom is -0.481 e. The van der Waals surface area contributed by atoms with Gasteiger partial charge >= 0.3 is 11.9 Å². The van der Waals surface area contributed by atoms with Crippen LogP contribution in [0.25, 0.3) is 0 Å². The molecule has 0 aromatic rings. The number of primary amides is 1. The van der Waals surface area contributed by atoms with Crippen molar-refractivity contribution < 1.29 is 39.0 Å². The van der Waals surface area contributed by atoms with Crippen LogP contribution >= 0.6 is 0 Å². The summed E-state index contributed by atoms with van der Waals surface area (Å²) in [6.07, 6.45) is -1.05. The van der Waals surface area contributed by atoms with Gasteiger partial charge in [0, 0.05) is 13.0 Å². The number of nitrogens with two attached hydrogens (primary N) is 4. The third-order valence-electron chi connectivity index (χ3n) is 4.85. The number of hydrogen-bond acceptors (Lipinski definition) is 8. The molecule has 0 heterocycles. The summed E-state index contributed by atoms with van der Waals surface area (Å²) in [5, 5.41) is 25.0. The molecule has 0 radical (unpaired) electrons. The molecule has 4 amide bonds. The Labute approximate surface area is 207 Å². The first-order valence-electron chi connectivity index (χ1n) is 11.1. The van der Waals surface area contributed by atoms with Gasteiger partial charge in [0.2, 0.25) is 23.6 Å². The van der Waals surface area contributed by atoms with Gasteiger partial charge in [0.15, 0.2) is 5.96 Å². The Balaban J connectivity index is 5.49. The number of aliphatic carboxylic acids is 2. The molecule has 0 aliphatic rings. The molecule has 204 valence electrons. The van der Waals surface area contributed by atoms with E-state index in [1.54, 1.807) is 13.8 Å². The van der Waals surface area contributed by atoms with Crippen molar-refractivity contribution in [3.8, 4) is 0 Å². The van der Waals surface area contributed by atoms with E-state index in [-0.39, 0.29) is 25.3 Å². The summed E-state index contributed by atoms with van der Waals surface area (Å²) < 4.78 is 0. The van der Waals surface area contributed by atoms with Crippen molar-refractivity contribution in [3.63, 3.8) is 0 Å². The second kappa shape index (κ2) is 15.9. The quantitative estimate of drug-likeness (QED) is 0.0514. The second-order valence-corrected chi connectivity index (χ2v) is 8.35. The lowest BCUT2D eigenvalue weighted by Gasteiger charge is -2.25. The van der Waals surface area contributed by atoms with E-state index in [0.717, 1.165) is 0 Å². The maximum atomic E-state index is 12.8. The largest absolute Gasteiger partial charge is 0.481 e. The first-order chi connectivity index (χ1) is 16.6. The topological polar surface area (TPSA) is 295 Å².